The molecule has 0 aromatic carbocycles. The Balaban J connectivity index is 1.55. The van der Waals surface area contributed by atoms with Gasteiger partial charge in [0.1, 0.15) is 0 Å². The number of amides is 1. The first-order chi connectivity index (χ1) is 10.1. The lowest BCUT2D eigenvalue weighted by Gasteiger charge is -2.44. The number of nitrogens with zero attached hydrogens (tertiary/aromatic N) is 2. The van der Waals surface area contributed by atoms with Gasteiger partial charge in [0.2, 0.25) is 5.91 Å². The quantitative estimate of drug-likeness (QED) is 0.839. The Hall–Kier alpha value is -0.650. The number of carbonyl (C=O) groups excluding carboxylic acids is 1. The van der Waals surface area contributed by atoms with Crippen molar-refractivity contribution in [3.8, 4) is 0 Å². The van der Waals surface area contributed by atoms with Gasteiger partial charge in [-0.05, 0) is 38.6 Å². The number of aliphatic hydroxyl groups excluding tert-OH is 1. The van der Waals surface area contributed by atoms with Crippen molar-refractivity contribution in [2.24, 2.45) is 5.92 Å². The maximum Gasteiger partial charge on any atom is 0.237 e. The maximum absolute atomic E-state index is 12.7. The van der Waals surface area contributed by atoms with Gasteiger partial charge in [0.25, 0.3) is 0 Å². The monoisotopic (exact) mass is 296 g/mol. The molecular formula is C16H28N2O3. The molecule has 0 bridgehead atoms. The molecular weight excluding hydrogens is 268 g/mol. The highest BCUT2D eigenvalue weighted by molar-refractivity contribution is 5.78. The number of hydrogen-bond donors (Lipinski definition) is 1. The summed E-state index contributed by atoms with van der Waals surface area (Å²) in [7, 11) is 0. The lowest BCUT2D eigenvalue weighted by molar-refractivity contribution is -0.150. The summed E-state index contributed by atoms with van der Waals surface area (Å²) in [5, 5.41) is 9.67. The van der Waals surface area contributed by atoms with Crippen LogP contribution in [0, 0.1) is 5.92 Å². The molecule has 0 aromatic rings. The molecule has 4 unspecified atom stereocenters. The van der Waals surface area contributed by atoms with Crippen molar-refractivity contribution in [2.75, 3.05) is 32.8 Å². The van der Waals surface area contributed by atoms with Gasteiger partial charge in [0, 0.05) is 13.1 Å². The summed E-state index contributed by atoms with van der Waals surface area (Å²) >= 11 is 0. The molecule has 1 N–H and O–H groups in total. The van der Waals surface area contributed by atoms with Gasteiger partial charge in [-0.3, -0.25) is 9.69 Å². The van der Waals surface area contributed by atoms with Crippen LogP contribution in [0.5, 0.6) is 0 Å². The molecule has 21 heavy (non-hydrogen) atoms. The van der Waals surface area contributed by atoms with Crippen LogP contribution in [0.15, 0.2) is 0 Å². The number of aliphatic hydroxyl groups is 1. The predicted molar refractivity (Wildman–Crippen MR) is 79.9 cm³/mol. The van der Waals surface area contributed by atoms with Gasteiger partial charge >= 0.3 is 0 Å². The first kappa shape index (κ1) is 15.3. The average Bonchev–Trinajstić information content (AvgIpc) is 2.95. The van der Waals surface area contributed by atoms with Gasteiger partial charge < -0.3 is 14.7 Å². The molecule has 120 valence electrons. The van der Waals surface area contributed by atoms with Crippen LogP contribution in [0.1, 0.15) is 39.0 Å². The van der Waals surface area contributed by atoms with Crippen LogP contribution in [0.3, 0.4) is 0 Å². The van der Waals surface area contributed by atoms with E-state index in [9.17, 15) is 9.90 Å². The number of ether oxygens (including phenoxy) is 1. The zero-order chi connectivity index (χ0) is 14.8. The molecule has 4 atom stereocenters. The molecule has 5 nitrogen and oxygen atoms in total. The fraction of sp³-hybridized carbons (Fsp3) is 0.938. The van der Waals surface area contributed by atoms with Crippen LogP contribution < -0.4 is 0 Å². The third kappa shape index (κ3) is 3.41. The number of morpholine rings is 1. The van der Waals surface area contributed by atoms with E-state index in [4.69, 9.17) is 4.74 Å². The molecule has 1 amide bonds. The first-order valence-corrected chi connectivity index (χ1v) is 8.46. The SMILES string of the molecule is CC(O)C1CCN(CC(=O)N2CCOC3CCCCC32)C1. The molecule has 2 saturated heterocycles. The fourth-order valence-corrected chi connectivity index (χ4v) is 4.09. The van der Waals surface area contributed by atoms with Crippen LogP contribution in [-0.4, -0.2) is 71.8 Å². The molecule has 3 rings (SSSR count). The van der Waals surface area contributed by atoms with Crippen LogP contribution in [0.4, 0.5) is 0 Å². The largest absolute Gasteiger partial charge is 0.393 e. The minimum absolute atomic E-state index is 0.251. The van der Waals surface area contributed by atoms with E-state index in [-0.39, 0.29) is 18.1 Å². The second kappa shape index (κ2) is 6.63. The summed E-state index contributed by atoms with van der Waals surface area (Å²) in [5.74, 6) is 0.575. The van der Waals surface area contributed by atoms with Gasteiger partial charge in [0.05, 0.1) is 31.4 Å². The summed E-state index contributed by atoms with van der Waals surface area (Å²) in [4.78, 5) is 16.9. The Kier molecular flexibility index (Phi) is 4.82. The number of likely N-dealkylation sites (tertiary alicyclic amines) is 1. The van der Waals surface area contributed by atoms with Crippen LogP contribution in [0.25, 0.3) is 0 Å². The highest BCUT2D eigenvalue weighted by atomic mass is 16.5. The minimum atomic E-state index is -0.267. The molecule has 5 heteroatoms. The first-order valence-electron chi connectivity index (χ1n) is 8.46. The van der Waals surface area contributed by atoms with Crippen molar-refractivity contribution in [1.29, 1.82) is 0 Å². The molecule has 0 radical (unpaired) electrons. The molecule has 3 aliphatic rings. The van der Waals surface area contributed by atoms with Crippen LogP contribution in [-0.2, 0) is 9.53 Å². The van der Waals surface area contributed by atoms with Gasteiger partial charge in [0.15, 0.2) is 0 Å². The zero-order valence-corrected chi connectivity index (χ0v) is 13.0. The third-order valence-electron chi connectivity index (χ3n) is 5.40. The van der Waals surface area contributed by atoms with E-state index in [2.05, 4.69) is 9.80 Å². The van der Waals surface area contributed by atoms with Gasteiger partial charge in [-0.2, -0.15) is 0 Å². The molecule has 1 aliphatic carbocycles. The van der Waals surface area contributed by atoms with E-state index in [1.807, 2.05) is 6.92 Å². The van der Waals surface area contributed by atoms with Gasteiger partial charge in [-0.15, -0.1) is 0 Å². The maximum atomic E-state index is 12.7. The van der Waals surface area contributed by atoms with E-state index < -0.39 is 0 Å². The Bertz CT molecular complexity index is 373. The van der Waals surface area contributed by atoms with Crippen molar-refractivity contribution < 1.29 is 14.6 Å². The molecule has 2 heterocycles. The molecule has 2 aliphatic heterocycles. The summed E-state index contributed by atoms with van der Waals surface area (Å²) in [5.41, 5.74) is 0. The Labute approximate surface area is 127 Å². The van der Waals surface area contributed by atoms with E-state index in [0.717, 1.165) is 38.9 Å². The molecule has 3 fully saturated rings. The van der Waals surface area contributed by atoms with Crippen molar-refractivity contribution in [3.63, 3.8) is 0 Å². The van der Waals surface area contributed by atoms with Crippen molar-refractivity contribution in [2.45, 2.75) is 57.3 Å². The number of hydrogen-bond acceptors (Lipinski definition) is 4. The number of rotatable bonds is 3. The zero-order valence-electron chi connectivity index (χ0n) is 13.0. The molecule has 0 spiro atoms. The predicted octanol–water partition coefficient (Wildman–Crippen LogP) is 0.859. The van der Waals surface area contributed by atoms with Crippen LogP contribution >= 0.6 is 0 Å². The molecule has 0 aromatic heterocycles. The number of carbonyl (C=O) groups is 1. The number of fused-ring (bicyclic) bond motifs is 1. The lowest BCUT2D eigenvalue weighted by atomic mass is 9.90. The van der Waals surface area contributed by atoms with Gasteiger partial charge in [-0.25, -0.2) is 0 Å². The molecule has 1 saturated carbocycles. The summed E-state index contributed by atoms with van der Waals surface area (Å²) in [6, 6.07) is 0.301. The van der Waals surface area contributed by atoms with E-state index >= 15 is 0 Å². The minimum Gasteiger partial charge on any atom is -0.393 e. The van der Waals surface area contributed by atoms with Crippen molar-refractivity contribution >= 4 is 5.91 Å². The topological polar surface area (TPSA) is 53.0 Å². The Morgan fingerprint density at radius 3 is 2.86 bits per heavy atom. The standard InChI is InChI=1S/C16H28N2O3/c1-12(19)13-6-7-17(10-13)11-16(20)18-8-9-21-15-5-3-2-4-14(15)18/h12-15,19H,2-11H2,1H3. The highest BCUT2D eigenvalue weighted by Gasteiger charge is 2.37. The van der Waals surface area contributed by atoms with Crippen molar-refractivity contribution in [1.82, 2.24) is 9.80 Å². The normalized spacial score (nSPS) is 35.5. The summed E-state index contributed by atoms with van der Waals surface area (Å²) in [6.45, 7) is 5.56. The Morgan fingerprint density at radius 2 is 2.10 bits per heavy atom. The average molecular weight is 296 g/mol. The lowest BCUT2D eigenvalue weighted by Crippen LogP contribution is -2.56. The summed E-state index contributed by atoms with van der Waals surface area (Å²) < 4.78 is 5.84. The second-order valence-electron chi connectivity index (χ2n) is 6.87. The Morgan fingerprint density at radius 1 is 1.29 bits per heavy atom. The second-order valence-corrected chi connectivity index (χ2v) is 6.87. The third-order valence-corrected chi connectivity index (χ3v) is 5.40. The van der Waals surface area contributed by atoms with Crippen molar-refractivity contribution in [3.05, 3.63) is 0 Å². The fourth-order valence-electron chi connectivity index (χ4n) is 4.09. The van der Waals surface area contributed by atoms with E-state index in [0.29, 0.717) is 25.1 Å². The summed E-state index contributed by atoms with van der Waals surface area (Å²) in [6.07, 6.45) is 5.62. The van der Waals surface area contributed by atoms with Crippen LogP contribution in [0.2, 0.25) is 0 Å². The highest BCUT2D eigenvalue weighted by Crippen LogP contribution is 2.29. The smallest absolute Gasteiger partial charge is 0.237 e. The van der Waals surface area contributed by atoms with Gasteiger partial charge in [-0.1, -0.05) is 12.8 Å². The van der Waals surface area contributed by atoms with E-state index in [1.54, 1.807) is 0 Å². The van der Waals surface area contributed by atoms with E-state index in [1.165, 1.54) is 12.8 Å².